The SMILES string of the molecule is CCCNC(c1nc(C)cs1)c1cncc2ccccc12. The molecule has 1 aromatic carbocycles. The molecule has 1 N–H and O–H groups in total. The third kappa shape index (κ3) is 2.96. The summed E-state index contributed by atoms with van der Waals surface area (Å²) in [6.07, 6.45) is 4.98. The van der Waals surface area contributed by atoms with E-state index >= 15 is 0 Å². The number of rotatable bonds is 5. The van der Waals surface area contributed by atoms with E-state index in [2.05, 4.69) is 51.9 Å². The molecule has 0 saturated carbocycles. The van der Waals surface area contributed by atoms with Gasteiger partial charge < -0.3 is 5.32 Å². The van der Waals surface area contributed by atoms with Crippen LogP contribution in [0.5, 0.6) is 0 Å². The van der Waals surface area contributed by atoms with Crippen molar-refractivity contribution in [1.82, 2.24) is 15.3 Å². The summed E-state index contributed by atoms with van der Waals surface area (Å²) in [6, 6.07) is 8.51. The maximum absolute atomic E-state index is 4.68. The first-order chi connectivity index (χ1) is 10.3. The third-order valence-electron chi connectivity index (χ3n) is 3.49. The molecule has 0 spiro atoms. The number of benzene rings is 1. The van der Waals surface area contributed by atoms with Crippen LogP contribution in [0.1, 0.15) is 35.7 Å². The van der Waals surface area contributed by atoms with Gasteiger partial charge in [-0.25, -0.2) is 4.98 Å². The normalized spacial score (nSPS) is 12.7. The summed E-state index contributed by atoms with van der Waals surface area (Å²) in [5.74, 6) is 0. The maximum atomic E-state index is 4.68. The van der Waals surface area contributed by atoms with Crippen LogP contribution < -0.4 is 5.32 Å². The Hall–Kier alpha value is -1.78. The van der Waals surface area contributed by atoms with Crippen LogP contribution in [0.4, 0.5) is 0 Å². The van der Waals surface area contributed by atoms with E-state index in [4.69, 9.17) is 0 Å². The van der Waals surface area contributed by atoms with Crippen LogP contribution in [0.15, 0.2) is 42.0 Å². The van der Waals surface area contributed by atoms with Crippen molar-refractivity contribution in [1.29, 1.82) is 0 Å². The Morgan fingerprint density at radius 3 is 2.86 bits per heavy atom. The number of thiazole rings is 1. The highest BCUT2D eigenvalue weighted by atomic mass is 32.1. The molecule has 0 aliphatic carbocycles. The molecule has 0 aliphatic heterocycles. The van der Waals surface area contributed by atoms with Gasteiger partial charge in [-0.05, 0) is 25.3 Å². The van der Waals surface area contributed by atoms with Crippen molar-refractivity contribution in [2.24, 2.45) is 0 Å². The molecule has 3 aromatic rings. The van der Waals surface area contributed by atoms with Crippen LogP contribution in [0, 0.1) is 6.92 Å². The molecule has 1 unspecified atom stereocenters. The molecule has 2 aromatic heterocycles. The summed E-state index contributed by atoms with van der Waals surface area (Å²) in [7, 11) is 0. The van der Waals surface area contributed by atoms with Gasteiger partial charge in [0.2, 0.25) is 0 Å². The van der Waals surface area contributed by atoms with E-state index in [9.17, 15) is 0 Å². The summed E-state index contributed by atoms with van der Waals surface area (Å²) in [5.41, 5.74) is 2.28. The molecule has 2 heterocycles. The van der Waals surface area contributed by atoms with Crippen molar-refractivity contribution in [3.8, 4) is 0 Å². The topological polar surface area (TPSA) is 37.8 Å². The molecule has 1 atom stereocenters. The van der Waals surface area contributed by atoms with Crippen LogP contribution >= 0.6 is 11.3 Å². The number of nitrogens with zero attached hydrogens (tertiary/aromatic N) is 2. The van der Waals surface area contributed by atoms with Gasteiger partial charge in [0.15, 0.2) is 0 Å². The first kappa shape index (κ1) is 14.2. The number of aromatic nitrogens is 2. The lowest BCUT2D eigenvalue weighted by Crippen LogP contribution is -2.23. The van der Waals surface area contributed by atoms with Crippen molar-refractivity contribution >= 4 is 22.1 Å². The van der Waals surface area contributed by atoms with Gasteiger partial charge in [0.25, 0.3) is 0 Å². The Labute approximate surface area is 129 Å². The number of fused-ring (bicyclic) bond motifs is 1. The lowest BCUT2D eigenvalue weighted by Gasteiger charge is -2.18. The van der Waals surface area contributed by atoms with Gasteiger partial charge >= 0.3 is 0 Å². The van der Waals surface area contributed by atoms with Crippen molar-refractivity contribution in [2.45, 2.75) is 26.3 Å². The van der Waals surface area contributed by atoms with Gasteiger partial charge in [-0.3, -0.25) is 4.98 Å². The van der Waals surface area contributed by atoms with Gasteiger partial charge in [-0.1, -0.05) is 31.2 Å². The molecule has 3 nitrogen and oxygen atoms in total. The largest absolute Gasteiger partial charge is 0.304 e. The van der Waals surface area contributed by atoms with E-state index in [-0.39, 0.29) is 6.04 Å². The van der Waals surface area contributed by atoms with Gasteiger partial charge in [-0.2, -0.15) is 0 Å². The van der Waals surface area contributed by atoms with Crippen molar-refractivity contribution in [3.05, 3.63) is 58.3 Å². The fourth-order valence-corrected chi connectivity index (χ4v) is 3.38. The molecular weight excluding hydrogens is 278 g/mol. The second-order valence-electron chi connectivity index (χ2n) is 5.16. The zero-order valence-corrected chi connectivity index (χ0v) is 13.2. The van der Waals surface area contributed by atoms with Crippen LogP contribution in [-0.2, 0) is 0 Å². The quantitative estimate of drug-likeness (QED) is 0.771. The molecule has 4 heteroatoms. The number of pyridine rings is 1. The molecule has 108 valence electrons. The Morgan fingerprint density at radius 1 is 1.24 bits per heavy atom. The average Bonchev–Trinajstić information content (AvgIpc) is 2.94. The predicted molar refractivity (Wildman–Crippen MR) is 88.7 cm³/mol. The Morgan fingerprint density at radius 2 is 2.10 bits per heavy atom. The third-order valence-corrected chi connectivity index (χ3v) is 4.52. The van der Waals surface area contributed by atoms with Gasteiger partial charge in [0.05, 0.1) is 6.04 Å². The van der Waals surface area contributed by atoms with E-state index in [1.54, 1.807) is 11.3 Å². The van der Waals surface area contributed by atoms with E-state index in [0.717, 1.165) is 23.7 Å². The zero-order valence-electron chi connectivity index (χ0n) is 12.3. The van der Waals surface area contributed by atoms with E-state index in [0.29, 0.717) is 0 Å². The van der Waals surface area contributed by atoms with E-state index in [1.807, 2.05) is 19.3 Å². The van der Waals surface area contributed by atoms with Crippen LogP contribution in [0.3, 0.4) is 0 Å². The van der Waals surface area contributed by atoms with Crippen LogP contribution in [0.25, 0.3) is 10.8 Å². The van der Waals surface area contributed by atoms with Crippen LogP contribution in [-0.4, -0.2) is 16.5 Å². The smallest absolute Gasteiger partial charge is 0.114 e. The lowest BCUT2D eigenvalue weighted by molar-refractivity contribution is 0.597. The highest BCUT2D eigenvalue weighted by molar-refractivity contribution is 7.09. The van der Waals surface area contributed by atoms with Gasteiger partial charge in [0, 0.05) is 34.4 Å². The summed E-state index contributed by atoms with van der Waals surface area (Å²) in [6.45, 7) is 5.18. The molecule has 21 heavy (non-hydrogen) atoms. The fraction of sp³-hybridized carbons (Fsp3) is 0.294. The van der Waals surface area contributed by atoms with Crippen molar-refractivity contribution in [2.75, 3.05) is 6.54 Å². The minimum Gasteiger partial charge on any atom is -0.304 e. The number of hydrogen-bond acceptors (Lipinski definition) is 4. The van der Waals surface area contributed by atoms with Crippen molar-refractivity contribution < 1.29 is 0 Å². The number of hydrogen-bond donors (Lipinski definition) is 1. The number of aryl methyl sites for hydroxylation is 1. The minimum absolute atomic E-state index is 0.113. The Kier molecular flexibility index (Phi) is 4.27. The average molecular weight is 297 g/mol. The highest BCUT2D eigenvalue weighted by Gasteiger charge is 2.19. The lowest BCUT2D eigenvalue weighted by atomic mass is 10.0. The molecule has 0 radical (unpaired) electrons. The van der Waals surface area contributed by atoms with E-state index < -0.39 is 0 Å². The van der Waals surface area contributed by atoms with Crippen molar-refractivity contribution in [3.63, 3.8) is 0 Å². The Balaban J connectivity index is 2.09. The second kappa shape index (κ2) is 6.33. The molecule has 3 rings (SSSR count). The minimum atomic E-state index is 0.113. The standard InChI is InChI=1S/C17H19N3S/c1-3-8-19-16(17-20-12(2)11-21-17)15-10-18-9-13-6-4-5-7-14(13)15/h4-7,9-11,16,19H,3,8H2,1-2H3. The van der Waals surface area contributed by atoms with Crippen LogP contribution in [0.2, 0.25) is 0 Å². The summed E-state index contributed by atoms with van der Waals surface area (Å²) in [5, 5.41) is 9.25. The zero-order chi connectivity index (χ0) is 14.7. The Bertz CT molecular complexity index is 730. The summed E-state index contributed by atoms with van der Waals surface area (Å²) >= 11 is 1.71. The summed E-state index contributed by atoms with van der Waals surface area (Å²) in [4.78, 5) is 9.09. The molecule has 0 saturated heterocycles. The van der Waals surface area contributed by atoms with Gasteiger partial charge in [-0.15, -0.1) is 11.3 Å². The first-order valence-corrected chi connectivity index (χ1v) is 8.15. The second-order valence-corrected chi connectivity index (χ2v) is 6.05. The molecule has 0 fully saturated rings. The van der Waals surface area contributed by atoms with E-state index in [1.165, 1.54) is 16.3 Å². The fourth-order valence-electron chi connectivity index (χ4n) is 2.49. The molecular formula is C17H19N3S. The molecule has 0 aliphatic rings. The van der Waals surface area contributed by atoms with Gasteiger partial charge in [0.1, 0.15) is 5.01 Å². The monoisotopic (exact) mass is 297 g/mol. The predicted octanol–water partition coefficient (Wildman–Crippen LogP) is 4.09. The highest BCUT2D eigenvalue weighted by Crippen LogP contribution is 2.29. The summed E-state index contributed by atoms with van der Waals surface area (Å²) < 4.78 is 0. The maximum Gasteiger partial charge on any atom is 0.114 e. The first-order valence-electron chi connectivity index (χ1n) is 7.27. The molecule has 0 amide bonds. The number of nitrogens with one attached hydrogen (secondary N) is 1. The molecule has 0 bridgehead atoms.